The maximum Gasteiger partial charge on any atom is 0.165 e. The summed E-state index contributed by atoms with van der Waals surface area (Å²) in [5, 5.41) is 4.66. The van der Waals surface area contributed by atoms with Gasteiger partial charge in [-0.1, -0.05) is 158 Å². The Morgan fingerprint density at radius 3 is 1.66 bits per heavy atom. The number of benzene rings is 8. The molecule has 0 aliphatic carbocycles. The van der Waals surface area contributed by atoms with Crippen molar-refractivity contribution in [3.8, 4) is 67.5 Å². The Bertz CT molecular complexity index is 3230. The van der Waals surface area contributed by atoms with E-state index in [-0.39, 0.29) is 0 Å². The van der Waals surface area contributed by atoms with Crippen molar-refractivity contribution in [2.24, 2.45) is 0 Å². The molecule has 11 aromatic rings. The lowest BCUT2D eigenvalue weighted by molar-refractivity contribution is 0.669. The van der Waals surface area contributed by atoms with Crippen molar-refractivity contribution in [1.29, 1.82) is 0 Å². The second-order valence-electron chi connectivity index (χ2n) is 14.0. The molecule has 11 rings (SSSR count). The summed E-state index contributed by atoms with van der Waals surface area (Å²) in [6, 6.07) is 65.7. The highest BCUT2D eigenvalue weighted by atomic mass is 32.1. The third-order valence-electron chi connectivity index (χ3n) is 10.6. The summed E-state index contributed by atoms with van der Waals surface area (Å²) in [6.07, 6.45) is 0. The molecule has 4 nitrogen and oxygen atoms in total. The number of aromatic nitrogens is 3. The maximum absolute atomic E-state index is 6.47. The van der Waals surface area contributed by atoms with Gasteiger partial charge in [-0.3, -0.25) is 0 Å². The smallest absolute Gasteiger partial charge is 0.165 e. The molecule has 0 unspecified atom stereocenters. The molecule has 0 amide bonds. The van der Waals surface area contributed by atoms with Crippen molar-refractivity contribution >= 4 is 53.4 Å². The quantitative estimate of drug-likeness (QED) is 0.171. The van der Waals surface area contributed by atoms with Gasteiger partial charge in [0.1, 0.15) is 11.2 Å². The maximum atomic E-state index is 6.47. The highest BCUT2D eigenvalue weighted by molar-refractivity contribution is 7.26. The van der Waals surface area contributed by atoms with Crippen LogP contribution in [0.5, 0.6) is 0 Å². The molecule has 3 heterocycles. The summed E-state index contributed by atoms with van der Waals surface area (Å²) in [4.78, 5) is 15.3. The van der Waals surface area contributed by atoms with Crippen molar-refractivity contribution in [3.63, 3.8) is 0 Å². The average molecular weight is 734 g/mol. The summed E-state index contributed by atoms with van der Waals surface area (Å²) in [6.45, 7) is 0. The molecule has 0 atom stereocenters. The Hall–Kier alpha value is -7.21. The molecule has 0 aliphatic heterocycles. The molecule has 0 saturated carbocycles. The van der Waals surface area contributed by atoms with Gasteiger partial charge in [0.25, 0.3) is 0 Å². The summed E-state index contributed by atoms with van der Waals surface area (Å²) < 4.78 is 8.82. The van der Waals surface area contributed by atoms with E-state index in [4.69, 9.17) is 19.4 Å². The van der Waals surface area contributed by atoms with E-state index < -0.39 is 0 Å². The second-order valence-corrected chi connectivity index (χ2v) is 15.0. The van der Waals surface area contributed by atoms with Crippen molar-refractivity contribution in [3.05, 3.63) is 188 Å². The van der Waals surface area contributed by atoms with Crippen LogP contribution in [0.15, 0.2) is 192 Å². The van der Waals surface area contributed by atoms with Gasteiger partial charge < -0.3 is 4.42 Å². The molecule has 3 aromatic heterocycles. The number of fused-ring (bicyclic) bond motifs is 6. The van der Waals surface area contributed by atoms with Gasteiger partial charge >= 0.3 is 0 Å². The fourth-order valence-electron chi connectivity index (χ4n) is 7.80. The van der Waals surface area contributed by atoms with Gasteiger partial charge in [0, 0.05) is 47.6 Å². The fourth-order valence-corrected chi connectivity index (χ4v) is 9.06. The first kappa shape index (κ1) is 32.2. The van der Waals surface area contributed by atoms with Crippen molar-refractivity contribution in [1.82, 2.24) is 15.0 Å². The number of thiophene rings is 1. The third kappa shape index (κ3) is 5.56. The lowest BCUT2D eigenvalue weighted by Crippen LogP contribution is -2.00. The van der Waals surface area contributed by atoms with Gasteiger partial charge in [0.05, 0.1) is 0 Å². The van der Waals surface area contributed by atoms with Gasteiger partial charge in [-0.15, -0.1) is 11.3 Å². The van der Waals surface area contributed by atoms with E-state index in [0.29, 0.717) is 17.5 Å². The van der Waals surface area contributed by atoms with E-state index >= 15 is 0 Å². The number of para-hydroxylation sites is 1. The molecule has 0 aliphatic rings. The summed E-state index contributed by atoms with van der Waals surface area (Å²) >= 11 is 1.78. The molecule has 0 radical (unpaired) electrons. The van der Waals surface area contributed by atoms with Crippen LogP contribution < -0.4 is 0 Å². The minimum Gasteiger partial charge on any atom is -0.456 e. The normalized spacial score (nSPS) is 11.6. The van der Waals surface area contributed by atoms with Crippen LogP contribution in [0.1, 0.15) is 0 Å². The monoisotopic (exact) mass is 733 g/mol. The largest absolute Gasteiger partial charge is 0.456 e. The van der Waals surface area contributed by atoms with Crippen LogP contribution in [0.2, 0.25) is 0 Å². The molecule has 56 heavy (non-hydrogen) atoms. The van der Waals surface area contributed by atoms with Crippen LogP contribution in [-0.2, 0) is 0 Å². The Labute approximate surface area is 327 Å². The zero-order valence-corrected chi connectivity index (χ0v) is 30.9. The number of rotatable bonds is 6. The summed E-state index contributed by atoms with van der Waals surface area (Å²) in [5.74, 6) is 1.94. The second kappa shape index (κ2) is 13.3. The zero-order chi connectivity index (χ0) is 37.0. The van der Waals surface area contributed by atoms with Crippen LogP contribution in [0.4, 0.5) is 0 Å². The van der Waals surface area contributed by atoms with Crippen LogP contribution in [0.25, 0.3) is 110 Å². The van der Waals surface area contributed by atoms with E-state index in [9.17, 15) is 0 Å². The lowest BCUT2D eigenvalue weighted by atomic mass is 9.94. The van der Waals surface area contributed by atoms with Gasteiger partial charge in [-0.2, -0.15) is 0 Å². The lowest BCUT2D eigenvalue weighted by Gasteiger charge is -2.10. The van der Waals surface area contributed by atoms with Gasteiger partial charge in [-0.25, -0.2) is 15.0 Å². The van der Waals surface area contributed by atoms with Gasteiger partial charge in [-0.05, 0) is 63.7 Å². The number of furan rings is 1. The molecule has 8 aromatic carbocycles. The molecule has 0 spiro atoms. The number of hydrogen-bond donors (Lipinski definition) is 0. The zero-order valence-electron chi connectivity index (χ0n) is 30.1. The Kier molecular flexibility index (Phi) is 7.64. The van der Waals surface area contributed by atoms with Crippen LogP contribution in [-0.4, -0.2) is 15.0 Å². The first-order valence-corrected chi connectivity index (χ1v) is 19.5. The van der Waals surface area contributed by atoms with E-state index in [0.717, 1.165) is 71.1 Å². The minimum atomic E-state index is 0.643. The van der Waals surface area contributed by atoms with E-state index in [1.54, 1.807) is 11.3 Å². The van der Waals surface area contributed by atoms with E-state index in [1.165, 1.54) is 21.0 Å². The predicted molar refractivity (Wildman–Crippen MR) is 233 cm³/mol. The molecule has 5 heteroatoms. The summed E-state index contributed by atoms with van der Waals surface area (Å²) in [7, 11) is 0. The summed E-state index contributed by atoms with van der Waals surface area (Å²) in [5.41, 5.74) is 11.6. The molecule has 0 saturated heterocycles. The van der Waals surface area contributed by atoms with Gasteiger partial charge in [0.15, 0.2) is 17.5 Å². The molecular weight excluding hydrogens is 703 g/mol. The molecule has 0 fully saturated rings. The van der Waals surface area contributed by atoms with Crippen LogP contribution in [0.3, 0.4) is 0 Å². The molecular formula is C51H31N3OS. The highest BCUT2D eigenvalue weighted by Crippen LogP contribution is 2.44. The Morgan fingerprint density at radius 2 is 0.911 bits per heavy atom. The van der Waals surface area contributed by atoms with E-state index in [1.807, 2.05) is 36.4 Å². The minimum absolute atomic E-state index is 0.643. The predicted octanol–water partition coefficient (Wildman–Crippen LogP) is 14.1. The first-order chi connectivity index (χ1) is 27.7. The topological polar surface area (TPSA) is 51.8 Å². The fraction of sp³-hybridized carbons (Fsp3) is 0. The highest BCUT2D eigenvalue weighted by Gasteiger charge is 2.19. The van der Waals surface area contributed by atoms with Crippen molar-refractivity contribution in [2.45, 2.75) is 0 Å². The molecule has 0 bridgehead atoms. The van der Waals surface area contributed by atoms with Crippen LogP contribution in [0, 0.1) is 0 Å². The first-order valence-electron chi connectivity index (χ1n) is 18.7. The average Bonchev–Trinajstić information content (AvgIpc) is 3.85. The number of hydrogen-bond acceptors (Lipinski definition) is 5. The Balaban J connectivity index is 1.05. The van der Waals surface area contributed by atoms with Gasteiger partial charge in [0.2, 0.25) is 0 Å². The van der Waals surface area contributed by atoms with Crippen molar-refractivity contribution in [2.75, 3.05) is 0 Å². The SMILES string of the molecule is c1ccc(-c2ccc(-c3nc(-c4ccccc4)nc(-c4cccc5c4sc4cc(-c6cc(-c7ccccc7)c7c(c6)oc6ccccc67)ccc45)n3)cc2)cc1. The molecule has 0 N–H and O–H groups in total. The van der Waals surface area contributed by atoms with Crippen molar-refractivity contribution < 1.29 is 4.42 Å². The molecule has 262 valence electrons. The third-order valence-corrected chi connectivity index (χ3v) is 11.8. The van der Waals surface area contributed by atoms with Crippen LogP contribution >= 0.6 is 11.3 Å². The van der Waals surface area contributed by atoms with E-state index in [2.05, 4.69) is 152 Å². The Morgan fingerprint density at radius 1 is 0.339 bits per heavy atom. The number of nitrogens with zero attached hydrogens (tertiary/aromatic N) is 3. The standard InChI is InChI=1S/C51H31N3OS/c1-4-13-32(14-5-1)33-23-25-36(26-24-33)50-52-49(35-17-8-3-9-18-35)53-51(54-50)42-21-12-20-40-39-28-27-37(31-46(39)56-48(40)42)38-29-43(34-15-6-2-7-16-34)47-41-19-10-11-22-44(41)55-45(47)30-38/h1-31H.